The second-order valence-electron chi connectivity index (χ2n) is 7.15. The molecule has 1 aliphatic heterocycles. The minimum atomic E-state index is -0.480. The highest BCUT2D eigenvalue weighted by molar-refractivity contribution is 5.78. The first-order chi connectivity index (χ1) is 11.3. The molecule has 3 rings (SSSR count). The van der Waals surface area contributed by atoms with Crippen molar-refractivity contribution in [3.8, 4) is 5.88 Å². The molecule has 1 atom stereocenters. The highest BCUT2D eigenvalue weighted by Gasteiger charge is 2.30. The standard InChI is InChI=1S/C17H22N4O3/c1-17(2,3)24-16(23)21-7-6-11(9-21)8-12-4-5-13-14(20-12)15(22)19-10-18-13/h4-5,10-11H,6-9H2,1-3H3,(H,18,19,22). The molecule has 0 aromatic carbocycles. The van der Waals surface area contributed by atoms with Gasteiger partial charge in [0.2, 0.25) is 5.88 Å². The predicted molar refractivity (Wildman–Crippen MR) is 88.6 cm³/mol. The van der Waals surface area contributed by atoms with Gasteiger partial charge in [-0.05, 0) is 51.7 Å². The normalized spacial score (nSPS) is 18.1. The van der Waals surface area contributed by atoms with Crippen LogP contribution in [0.1, 0.15) is 32.9 Å². The molecule has 0 radical (unpaired) electrons. The van der Waals surface area contributed by atoms with Crippen LogP contribution in [0.2, 0.25) is 0 Å². The Kier molecular flexibility index (Phi) is 4.26. The maximum atomic E-state index is 12.1. The highest BCUT2D eigenvalue weighted by atomic mass is 16.6. The topological polar surface area (TPSA) is 88.4 Å². The van der Waals surface area contributed by atoms with Gasteiger partial charge in [0.25, 0.3) is 0 Å². The van der Waals surface area contributed by atoms with E-state index in [1.54, 1.807) is 4.90 Å². The lowest BCUT2D eigenvalue weighted by molar-refractivity contribution is 0.0288. The molecule has 1 N–H and O–H groups in total. The molecule has 2 aromatic rings. The largest absolute Gasteiger partial charge is 0.492 e. The number of fused-ring (bicyclic) bond motifs is 1. The lowest BCUT2D eigenvalue weighted by Gasteiger charge is -2.24. The third kappa shape index (κ3) is 3.72. The minimum absolute atomic E-state index is 0.108. The zero-order valence-corrected chi connectivity index (χ0v) is 14.2. The quantitative estimate of drug-likeness (QED) is 0.910. The number of amides is 1. The summed E-state index contributed by atoms with van der Waals surface area (Å²) in [6.45, 7) is 6.96. The van der Waals surface area contributed by atoms with Gasteiger partial charge in [-0.1, -0.05) is 0 Å². The van der Waals surface area contributed by atoms with E-state index in [2.05, 4.69) is 15.0 Å². The Labute approximate surface area is 140 Å². The van der Waals surface area contributed by atoms with E-state index in [1.165, 1.54) is 6.33 Å². The van der Waals surface area contributed by atoms with E-state index in [0.29, 0.717) is 30.0 Å². The molecule has 0 bridgehead atoms. The number of aromatic nitrogens is 3. The molecule has 0 spiro atoms. The van der Waals surface area contributed by atoms with Crippen molar-refractivity contribution in [3.05, 3.63) is 24.2 Å². The Morgan fingerprint density at radius 3 is 2.92 bits per heavy atom. The van der Waals surface area contributed by atoms with Gasteiger partial charge in [0.05, 0.1) is 5.52 Å². The van der Waals surface area contributed by atoms with Crippen LogP contribution in [0.5, 0.6) is 5.88 Å². The number of aromatic hydroxyl groups is 1. The third-order valence-electron chi connectivity index (χ3n) is 3.96. The van der Waals surface area contributed by atoms with Gasteiger partial charge < -0.3 is 14.7 Å². The zero-order chi connectivity index (χ0) is 17.3. The Balaban J connectivity index is 1.65. The molecule has 7 nitrogen and oxygen atoms in total. The van der Waals surface area contributed by atoms with Crippen LogP contribution in [0.15, 0.2) is 18.5 Å². The molecule has 2 aromatic heterocycles. The van der Waals surface area contributed by atoms with E-state index in [-0.39, 0.29) is 12.0 Å². The number of nitrogens with zero attached hydrogens (tertiary/aromatic N) is 4. The smallest absolute Gasteiger partial charge is 0.410 e. The molecule has 1 fully saturated rings. The average molecular weight is 330 g/mol. The van der Waals surface area contributed by atoms with Crippen LogP contribution in [0.4, 0.5) is 4.79 Å². The van der Waals surface area contributed by atoms with Crippen molar-refractivity contribution in [2.45, 2.75) is 39.2 Å². The van der Waals surface area contributed by atoms with Crippen molar-refractivity contribution >= 4 is 17.1 Å². The summed E-state index contributed by atoms with van der Waals surface area (Å²) < 4.78 is 5.42. The first kappa shape index (κ1) is 16.4. The Morgan fingerprint density at radius 2 is 2.17 bits per heavy atom. The van der Waals surface area contributed by atoms with Crippen LogP contribution >= 0.6 is 0 Å². The maximum Gasteiger partial charge on any atom is 0.410 e. The Hall–Kier alpha value is -2.44. The number of carbonyl (C=O) groups is 1. The fourth-order valence-corrected chi connectivity index (χ4v) is 2.87. The van der Waals surface area contributed by atoms with Crippen LogP contribution in [0.25, 0.3) is 11.0 Å². The van der Waals surface area contributed by atoms with Crippen LogP contribution < -0.4 is 0 Å². The third-order valence-corrected chi connectivity index (χ3v) is 3.96. The monoisotopic (exact) mass is 330 g/mol. The molecule has 1 unspecified atom stereocenters. The van der Waals surface area contributed by atoms with E-state index >= 15 is 0 Å². The van der Waals surface area contributed by atoms with E-state index in [0.717, 1.165) is 18.5 Å². The van der Waals surface area contributed by atoms with Gasteiger partial charge >= 0.3 is 6.09 Å². The van der Waals surface area contributed by atoms with Crippen molar-refractivity contribution < 1.29 is 14.6 Å². The van der Waals surface area contributed by atoms with Crippen LogP contribution in [-0.4, -0.2) is 49.7 Å². The van der Waals surface area contributed by atoms with Crippen molar-refractivity contribution in [2.75, 3.05) is 13.1 Å². The molecular formula is C17H22N4O3. The van der Waals surface area contributed by atoms with Crippen molar-refractivity contribution in [3.63, 3.8) is 0 Å². The predicted octanol–water partition coefficient (Wildman–Crippen LogP) is 2.53. The summed E-state index contributed by atoms with van der Waals surface area (Å²) >= 11 is 0. The fraction of sp³-hybridized carbons (Fsp3) is 0.529. The summed E-state index contributed by atoms with van der Waals surface area (Å²) in [7, 11) is 0. The van der Waals surface area contributed by atoms with Crippen molar-refractivity contribution in [1.82, 2.24) is 19.9 Å². The first-order valence-electron chi connectivity index (χ1n) is 8.09. The number of carbonyl (C=O) groups excluding carboxylic acids is 1. The van der Waals surface area contributed by atoms with Crippen LogP contribution in [-0.2, 0) is 11.2 Å². The number of ether oxygens (including phenoxy) is 1. The van der Waals surface area contributed by atoms with Crippen molar-refractivity contribution in [2.24, 2.45) is 5.92 Å². The molecule has 128 valence electrons. The van der Waals surface area contributed by atoms with Gasteiger partial charge in [0.15, 0.2) is 5.52 Å². The van der Waals surface area contributed by atoms with Crippen LogP contribution in [0, 0.1) is 5.92 Å². The van der Waals surface area contributed by atoms with E-state index in [1.807, 2.05) is 32.9 Å². The fourth-order valence-electron chi connectivity index (χ4n) is 2.87. The molecule has 7 heteroatoms. The number of hydrogen-bond donors (Lipinski definition) is 1. The molecule has 24 heavy (non-hydrogen) atoms. The summed E-state index contributed by atoms with van der Waals surface area (Å²) in [6.07, 6.45) is 2.71. The molecule has 3 heterocycles. The summed E-state index contributed by atoms with van der Waals surface area (Å²) in [5.74, 6) is 0.220. The van der Waals surface area contributed by atoms with E-state index in [4.69, 9.17) is 4.74 Å². The summed E-state index contributed by atoms with van der Waals surface area (Å²) in [6, 6.07) is 3.74. The molecule has 1 amide bonds. The summed E-state index contributed by atoms with van der Waals surface area (Å²) in [4.78, 5) is 26.2. The number of pyridine rings is 1. The van der Waals surface area contributed by atoms with Gasteiger partial charge in [-0.15, -0.1) is 0 Å². The lowest BCUT2D eigenvalue weighted by atomic mass is 10.0. The summed E-state index contributed by atoms with van der Waals surface area (Å²) in [5.41, 5.74) is 1.42. The molecule has 1 saturated heterocycles. The summed E-state index contributed by atoms with van der Waals surface area (Å²) in [5, 5.41) is 9.80. The van der Waals surface area contributed by atoms with Gasteiger partial charge in [-0.2, -0.15) is 0 Å². The number of likely N-dealkylation sites (tertiary alicyclic amines) is 1. The number of rotatable bonds is 2. The van der Waals surface area contributed by atoms with Crippen LogP contribution in [0.3, 0.4) is 0 Å². The molecular weight excluding hydrogens is 308 g/mol. The Morgan fingerprint density at radius 1 is 1.38 bits per heavy atom. The van der Waals surface area contributed by atoms with Gasteiger partial charge in [-0.25, -0.2) is 19.7 Å². The lowest BCUT2D eigenvalue weighted by Crippen LogP contribution is -2.35. The second-order valence-corrected chi connectivity index (χ2v) is 7.15. The first-order valence-corrected chi connectivity index (χ1v) is 8.09. The minimum Gasteiger partial charge on any atom is -0.492 e. The SMILES string of the molecule is CC(C)(C)OC(=O)N1CCC(Cc2ccc3ncnc(O)c3n2)C1. The molecule has 0 saturated carbocycles. The van der Waals surface area contributed by atoms with Gasteiger partial charge in [-0.3, -0.25) is 0 Å². The zero-order valence-electron chi connectivity index (χ0n) is 14.2. The maximum absolute atomic E-state index is 12.1. The molecule has 1 aliphatic rings. The van der Waals surface area contributed by atoms with E-state index < -0.39 is 5.60 Å². The highest BCUT2D eigenvalue weighted by Crippen LogP contribution is 2.24. The van der Waals surface area contributed by atoms with Gasteiger partial charge in [0, 0.05) is 18.8 Å². The Bertz CT molecular complexity index is 757. The van der Waals surface area contributed by atoms with Crippen molar-refractivity contribution in [1.29, 1.82) is 0 Å². The van der Waals surface area contributed by atoms with Gasteiger partial charge in [0.1, 0.15) is 11.9 Å². The van der Waals surface area contributed by atoms with E-state index in [9.17, 15) is 9.90 Å². The second kappa shape index (κ2) is 6.22. The number of hydrogen-bond acceptors (Lipinski definition) is 6. The average Bonchev–Trinajstić information content (AvgIpc) is 2.95. The molecule has 0 aliphatic carbocycles.